The molecule has 1 unspecified atom stereocenters. The fourth-order valence-corrected chi connectivity index (χ4v) is 1.12. The first-order chi connectivity index (χ1) is 8.49. The quantitative estimate of drug-likeness (QED) is 0.572. The van der Waals surface area contributed by atoms with Crippen LogP contribution in [0.2, 0.25) is 0 Å². The lowest BCUT2D eigenvalue weighted by molar-refractivity contribution is -0.146. The van der Waals surface area contributed by atoms with Crippen molar-refractivity contribution in [2.45, 2.75) is 19.6 Å². The summed E-state index contributed by atoms with van der Waals surface area (Å²) in [5, 5.41) is 22.1. The normalized spacial score (nSPS) is 11.7. The molecular weight excluding hydrogens is 238 g/mol. The molecule has 0 aromatic carbocycles. The first-order valence-electron chi connectivity index (χ1n) is 5.33. The smallest absolute Gasteiger partial charge is 0.334 e. The van der Waals surface area contributed by atoms with Crippen molar-refractivity contribution in [2.24, 2.45) is 0 Å². The van der Waals surface area contributed by atoms with Crippen molar-refractivity contribution >= 4 is 12.0 Å². The Labute approximate surface area is 104 Å². The van der Waals surface area contributed by atoms with Crippen LogP contribution in [0.1, 0.15) is 11.3 Å². The number of hydrogen-bond acceptors (Lipinski definition) is 4. The molecule has 2 amide bonds. The summed E-state index contributed by atoms with van der Waals surface area (Å²) in [7, 11) is 0. The third-order valence-corrected chi connectivity index (χ3v) is 2.17. The number of pyridine rings is 1. The third kappa shape index (κ3) is 4.79. The molecule has 1 aromatic heterocycles. The fraction of sp³-hybridized carbons (Fsp3) is 0.364. The summed E-state index contributed by atoms with van der Waals surface area (Å²) >= 11 is 0. The molecule has 4 N–H and O–H groups in total. The summed E-state index contributed by atoms with van der Waals surface area (Å²) in [4.78, 5) is 25.6. The Balaban J connectivity index is 2.29. The molecule has 1 heterocycles. The zero-order valence-corrected chi connectivity index (χ0v) is 9.88. The summed E-state index contributed by atoms with van der Waals surface area (Å²) in [6.45, 7) is 1.80. The van der Waals surface area contributed by atoms with Crippen molar-refractivity contribution in [3.63, 3.8) is 0 Å². The molecule has 0 spiro atoms. The number of rotatable bonds is 5. The SMILES string of the molecule is Cc1ccc(CNC(=O)NCC(O)C(=O)O)cn1. The van der Waals surface area contributed by atoms with E-state index in [1.165, 1.54) is 0 Å². The molecule has 0 radical (unpaired) electrons. The van der Waals surface area contributed by atoms with Gasteiger partial charge in [-0.2, -0.15) is 0 Å². The highest BCUT2D eigenvalue weighted by molar-refractivity contribution is 5.76. The van der Waals surface area contributed by atoms with Gasteiger partial charge in [0.1, 0.15) is 0 Å². The summed E-state index contributed by atoms with van der Waals surface area (Å²) < 4.78 is 0. The summed E-state index contributed by atoms with van der Waals surface area (Å²) in [6.07, 6.45) is 0.0404. The molecule has 7 nitrogen and oxygen atoms in total. The molecule has 0 aliphatic rings. The number of nitrogens with zero attached hydrogens (tertiary/aromatic N) is 1. The van der Waals surface area contributed by atoms with E-state index in [0.29, 0.717) is 0 Å². The lowest BCUT2D eigenvalue weighted by Gasteiger charge is -2.09. The number of aryl methyl sites for hydroxylation is 1. The minimum absolute atomic E-state index is 0.280. The van der Waals surface area contributed by atoms with Gasteiger partial charge in [0.05, 0.1) is 6.54 Å². The maximum Gasteiger partial charge on any atom is 0.334 e. The Bertz CT molecular complexity index is 419. The van der Waals surface area contributed by atoms with Crippen LogP contribution in [0.4, 0.5) is 4.79 Å². The number of amides is 2. The van der Waals surface area contributed by atoms with Crippen LogP contribution in [0, 0.1) is 6.92 Å². The molecule has 0 aliphatic carbocycles. The number of aliphatic hydroxyl groups is 1. The van der Waals surface area contributed by atoms with E-state index in [-0.39, 0.29) is 13.1 Å². The summed E-state index contributed by atoms with van der Waals surface area (Å²) in [5.41, 5.74) is 1.71. The standard InChI is InChI=1S/C11H15N3O4/c1-7-2-3-8(4-12-7)5-13-11(18)14-6-9(15)10(16)17/h2-4,9,15H,5-6H2,1H3,(H,16,17)(H2,13,14,18). The molecule has 98 valence electrons. The Morgan fingerprint density at radius 2 is 2.11 bits per heavy atom. The monoisotopic (exact) mass is 253 g/mol. The van der Waals surface area contributed by atoms with Gasteiger partial charge >= 0.3 is 12.0 Å². The van der Waals surface area contributed by atoms with Gasteiger partial charge in [0, 0.05) is 18.4 Å². The van der Waals surface area contributed by atoms with Crippen molar-refractivity contribution in [1.82, 2.24) is 15.6 Å². The van der Waals surface area contributed by atoms with Crippen molar-refractivity contribution < 1.29 is 19.8 Å². The Morgan fingerprint density at radius 3 is 2.67 bits per heavy atom. The van der Waals surface area contributed by atoms with Crippen LogP contribution >= 0.6 is 0 Å². The van der Waals surface area contributed by atoms with Gasteiger partial charge in [-0.1, -0.05) is 6.07 Å². The first kappa shape index (κ1) is 13.9. The van der Waals surface area contributed by atoms with Crippen molar-refractivity contribution in [3.8, 4) is 0 Å². The van der Waals surface area contributed by atoms with Gasteiger partial charge in [0.15, 0.2) is 6.10 Å². The molecule has 1 atom stereocenters. The highest BCUT2D eigenvalue weighted by Gasteiger charge is 2.13. The van der Waals surface area contributed by atoms with Crippen LogP contribution in [0.25, 0.3) is 0 Å². The van der Waals surface area contributed by atoms with Gasteiger partial charge in [0.2, 0.25) is 0 Å². The average Bonchev–Trinajstić information content (AvgIpc) is 2.35. The number of aliphatic hydroxyl groups excluding tert-OH is 1. The van der Waals surface area contributed by atoms with Crippen LogP contribution in [0.5, 0.6) is 0 Å². The average molecular weight is 253 g/mol. The number of aliphatic carboxylic acids is 1. The van der Waals surface area contributed by atoms with Crippen LogP contribution < -0.4 is 10.6 Å². The maximum atomic E-state index is 11.3. The topological polar surface area (TPSA) is 112 Å². The zero-order valence-electron chi connectivity index (χ0n) is 9.88. The lowest BCUT2D eigenvalue weighted by Crippen LogP contribution is -2.41. The number of carbonyl (C=O) groups is 2. The molecule has 0 saturated carbocycles. The first-order valence-corrected chi connectivity index (χ1v) is 5.33. The lowest BCUT2D eigenvalue weighted by atomic mass is 10.2. The molecule has 1 aromatic rings. The minimum atomic E-state index is -1.60. The highest BCUT2D eigenvalue weighted by Crippen LogP contribution is 1.98. The zero-order chi connectivity index (χ0) is 13.5. The highest BCUT2D eigenvalue weighted by atomic mass is 16.4. The number of urea groups is 1. The second-order valence-corrected chi connectivity index (χ2v) is 3.73. The molecule has 0 bridgehead atoms. The number of carbonyl (C=O) groups excluding carboxylic acids is 1. The van der Waals surface area contributed by atoms with E-state index in [0.717, 1.165) is 11.3 Å². The molecule has 18 heavy (non-hydrogen) atoms. The summed E-state index contributed by atoms with van der Waals surface area (Å²) in [6, 6.07) is 3.11. The van der Waals surface area contributed by atoms with Gasteiger partial charge in [-0.15, -0.1) is 0 Å². The van der Waals surface area contributed by atoms with Gasteiger partial charge in [-0.25, -0.2) is 9.59 Å². The van der Waals surface area contributed by atoms with Gasteiger partial charge in [-0.3, -0.25) is 4.98 Å². The van der Waals surface area contributed by atoms with Crippen molar-refractivity contribution in [2.75, 3.05) is 6.54 Å². The van der Waals surface area contributed by atoms with E-state index in [1.54, 1.807) is 6.20 Å². The van der Waals surface area contributed by atoms with Gasteiger partial charge in [-0.05, 0) is 18.6 Å². The largest absolute Gasteiger partial charge is 0.479 e. The molecule has 0 fully saturated rings. The molecular formula is C11H15N3O4. The van der Waals surface area contributed by atoms with E-state index in [4.69, 9.17) is 10.2 Å². The second kappa shape index (κ2) is 6.55. The van der Waals surface area contributed by atoms with Crippen LogP contribution in [-0.4, -0.2) is 39.8 Å². The van der Waals surface area contributed by atoms with E-state index in [9.17, 15) is 9.59 Å². The predicted octanol–water partition coefficient (Wildman–Crippen LogP) is -0.365. The van der Waals surface area contributed by atoms with Crippen LogP contribution in [-0.2, 0) is 11.3 Å². The van der Waals surface area contributed by atoms with E-state index in [1.807, 2.05) is 19.1 Å². The number of aromatic nitrogens is 1. The Morgan fingerprint density at radius 1 is 1.39 bits per heavy atom. The number of carboxylic acid groups (broad SMARTS) is 1. The number of nitrogens with one attached hydrogen (secondary N) is 2. The second-order valence-electron chi connectivity index (χ2n) is 3.73. The Hall–Kier alpha value is -2.15. The van der Waals surface area contributed by atoms with Crippen LogP contribution in [0.3, 0.4) is 0 Å². The van der Waals surface area contributed by atoms with Crippen molar-refractivity contribution in [1.29, 1.82) is 0 Å². The fourth-order valence-electron chi connectivity index (χ4n) is 1.12. The number of hydrogen-bond donors (Lipinski definition) is 4. The van der Waals surface area contributed by atoms with Crippen molar-refractivity contribution in [3.05, 3.63) is 29.6 Å². The summed E-state index contributed by atoms with van der Waals surface area (Å²) in [5.74, 6) is -1.38. The predicted molar refractivity (Wildman–Crippen MR) is 62.9 cm³/mol. The molecule has 7 heteroatoms. The molecule has 0 aliphatic heterocycles. The third-order valence-electron chi connectivity index (χ3n) is 2.17. The minimum Gasteiger partial charge on any atom is -0.479 e. The molecule has 1 rings (SSSR count). The van der Waals surface area contributed by atoms with E-state index >= 15 is 0 Å². The molecule has 0 saturated heterocycles. The van der Waals surface area contributed by atoms with E-state index < -0.39 is 18.1 Å². The van der Waals surface area contributed by atoms with Crippen LogP contribution in [0.15, 0.2) is 18.3 Å². The Kier molecular flexibility index (Phi) is 5.06. The van der Waals surface area contributed by atoms with Gasteiger partial charge < -0.3 is 20.8 Å². The number of carboxylic acids is 1. The van der Waals surface area contributed by atoms with E-state index in [2.05, 4.69) is 15.6 Å². The van der Waals surface area contributed by atoms with Gasteiger partial charge in [0.25, 0.3) is 0 Å². The maximum absolute atomic E-state index is 11.3.